The van der Waals surface area contributed by atoms with Crippen molar-refractivity contribution in [2.24, 2.45) is 0 Å². The fourth-order valence-corrected chi connectivity index (χ4v) is 3.98. The SMILES string of the molecule is CCCCCCCCCCCCCC[S+]([O-])CCOS(C)(=O)=O. The fraction of sp³-hybridized carbons (Fsp3) is 1.00. The van der Waals surface area contributed by atoms with E-state index in [4.69, 9.17) is 0 Å². The predicted molar refractivity (Wildman–Crippen MR) is 99.8 cm³/mol. The third-order valence-electron chi connectivity index (χ3n) is 3.83. The lowest BCUT2D eigenvalue weighted by Gasteiger charge is -2.10. The van der Waals surface area contributed by atoms with Crippen LogP contribution in [0.15, 0.2) is 0 Å². The van der Waals surface area contributed by atoms with Gasteiger partial charge in [0.25, 0.3) is 10.1 Å². The van der Waals surface area contributed by atoms with Crippen LogP contribution in [0.1, 0.15) is 84.0 Å². The molecule has 0 spiro atoms. The second-order valence-electron chi connectivity index (χ2n) is 6.26. The van der Waals surface area contributed by atoms with E-state index in [1.165, 1.54) is 64.2 Å². The molecule has 0 saturated heterocycles. The highest BCUT2D eigenvalue weighted by molar-refractivity contribution is 7.91. The maximum atomic E-state index is 11.6. The minimum atomic E-state index is -3.40. The smallest absolute Gasteiger partial charge is 0.264 e. The van der Waals surface area contributed by atoms with E-state index in [0.29, 0.717) is 11.5 Å². The lowest BCUT2D eigenvalue weighted by molar-refractivity contribution is 0.342. The lowest BCUT2D eigenvalue weighted by atomic mass is 10.1. The van der Waals surface area contributed by atoms with Crippen LogP contribution in [0.4, 0.5) is 0 Å². The van der Waals surface area contributed by atoms with Crippen LogP contribution in [0, 0.1) is 0 Å². The van der Waals surface area contributed by atoms with Crippen molar-refractivity contribution in [3.63, 3.8) is 0 Å². The van der Waals surface area contributed by atoms with Crippen molar-refractivity contribution < 1.29 is 17.2 Å². The van der Waals surface area contributed by atoms with Crippen LogP contribution in [0.3, 0.4) is 0 Å². The first-order valence-electron chi connectivity index (χ1n) is 9.15. The van der Waals surface area contributed by atoms with Gasteiger partial charge >= 0.3 is 0 Å². The average Bonchev–Trinajstić information content (AvgIpc) is 2.47. The number of hydrogen-bond acceptors (Lipinski definition) is 4. The second kappa shape index (κ2) is 15.7. The molecule has 0 aromatic heterocycles. The summed E-state index contributed by atoms with van der Waals surface area (Å²) in [5.74, 6) is 0.968. The van der Waals surface area contributed by atoms with E-state index in [9.17, 15) is 13.0 Å². The molecular weight excluding hydrogens is 332 g/mol. The maximum absolute atomic E-state index is 11.6. The summed E-state index contributed by atoms with van der Waals surface area (Å²) in [6.07, 6.45) is 16.5. The minimum absolute atomic E-state index is 0.0314. The standard InChI is InChI=1S/C17H36O4S2/c1-3-4-5-6-7-8-9-10-11-12-13-14-16-22(18)17-15-21-23(2,19)20/h3-17H2,1-2H3. The third kappa shape index (κ3) is 20.2. The molecule has 0 aliphatic carbocycles. The normalized spacial score (nSPS) is 13.3. The van der Waals surface area contributed by atoms with Crippen LogP contribution in [-0.2, 0) is 25.5 Å². The molecule has 23 heavy (non-hydrogen) atoms. The molecule has 0 N–H and O–H groups in total. The Morgan fingerprint density at radius 3 is 1.65 bits per heavy atom. The Morgan fingerprint density at radius 1 is 0.783 bits per heavy atom. The summed E-state index contributed by atoms with van der Waals surface area (Å²) >= 11 is -0.959. The van der Waals surface area contributed by atoms with E-state index in [1.54, 1.807) is 0 Å². The number of rotatable bonds is 17. The fourth-order valence-electron chi connectivity index (χ4n) is 2.48. The molecule has 0 aromatic carbocycles. The molecule has 0 aliphatic heterocycles. The van der Waals surface area contributed by atoms with Crippen LogP contribution in [0.5, 0.6) is 0 Å². The Labute approximate surface area is 147 Å². The average molecular weight is 369 g/mol. The number of hydrogen-bond donors (Lipinski definition) is 0. The first-order chi connectivity index (χ1) is 11.0. The molecule has 0 aromatic rings. The molecule has 140 valence electrons. The number of unbranched alkanes of at least 4 members (excludes halogenated alkanes) is 11. The molecule has 0 bridgehead atoms. The van der Waals surface area contributed by atoms with Crippen LogP contribution < -0.4 is 0 Å². The molecule has 4 nitrogen and oxygen atoms in total. The summed E-state index contributed by atoms with van der Waals surface area (Å²) in [6.45, 7) is 2.28. The van der Waals surface area contributed by atoms with Crippen LogP contribution in [0.25, 0.3) is 0 Å². The summed E-state index contributed by atoms with van der Waals surface area (Å²) < 4.78 is 37.8. The quantitative estimate of drug-likeness (QED) is 0.217. The van der Waals surface area contributed by atoms with Crippen LogP contribution in [0.2, 0.25) is 0 Å². The largest absolute Gasteiger partial charge is 0.616 e. The van der Waals surface area contributed by atoms with E-state index in [1.807, 2.05) is 0 Å². The van der Waals surface area contributed by atoms with Crippen molar-refractivity contribution in [3.05, 3.63) is 0 Å². The zero-order valence-electron chi connectivity index (χ0n) is 15.1. The summed E-state index contributed by atoms with van der Waals surface area (Å²) in [5.41, 5.74) is 0. The van der Waals surface area contributed by atoms with Crippen molar-refractivity contribution in [3.8, 4) is 0 Å². The monoisotopic (exact) mass is 368 g/mol. The Morgan fingerprint density at radius 2 is 1.22 bits per heavy atom. The van der Waals surface area contributed by atoms with Crippen molar-refractivity contribution in [2.75, 3.05) is 24.4 Å². The first kappa shape index (κ1) is 23.2. The molecule has 0 rings (SSSR count). The van der Waals surface area contributed by atoms with E-state index in [2.05, 4.69) is 11.1 Å². The van der Waals surface area contributed by atoms with Crippen LogP contribution >= 0.6 is 0 Å². The highest BCUT2D eigenvalue weighted by Crippen LogP contribution is 2.12. The molecule has 0 saturated carbocycles. The predicted octanol–water partition coefficient (Wildman–Crippen LogP) is 4.41. The van der Waals surface area contributed by atoms with Crippen molar-refractivity contribution in [1.82, 2.24) is 0 Å². The van der Waals surface area contributed by atoms with Crippen molar-refractivity contribution in [1.29, 1.82) is 0 Å². The van der Waals surface area contributed by atoms with E-state index in [0.717, 1.165) is 19.1 Å². The molecule has 0 fully saturated rings. The molecule has 0 amide bonds. The zero-order valence-corrected chi connectivity index (χ0v) is 16.7. The molecule has 1 atom stereocenters. The third-order valence-corrected chi connectivity index (χ3v) is 5.79. The lowest BCUT2D eigenvalue weighted by Crippen LogP contribution is -2.17. The Kier molecular flexibility index (Phi) is 15.9. The highest BCUT2D eigenvalue weighted by atomic mass is 32.2. The van der Waals surface area contributed by atoms with Crippen LogP contribution in [-0.4, -0.2) is 37.3 Å². The van der Waals surface area contributed by atoms with Gasteiger partial charge in [0.2, 0.25) is 0 Å². The summed E-state index contributed by atoms with van der Waals surface area (Å²) in [6, 6.07) is 0. The van der Waals surface area contributed by atoms with Gasteiger partial charge in [0.1, 0.15) is 18.1 Å². The van der Waals surface area contributed by atoms with E-state index < -0.39 is 21.3 Å². The van der Waals surface area contributed by atoms with Gasteiger partial charge in [-0.05, 0) is 12.8 Å². The van der Waals surface area contributed by atoms with Gasteiger partial charge in [-0.1, -0.05) is 82.3 Å². The second-order valence-corrected chi connectivity index (χ2v) is 9.60. The van der Waals surface area contributed by atoms with Gasteiger partial charge in [-0.2, -0.15) is 8.42 Å². The molecule has 0 heterocycles. The Balaban J connectivity index is 3.20. The first-order valence-corrected chi connectivity index (χ1v) is 12.5. The summed E-state index contributed by atoms with van der Waals surface area (Å²) in [7, 11) is -3.40. The minimum Gasteiger partial charge on any atom is -0.616 e. The van der Waals surface area contributed by atoms with Gasteiger partial charge < -0.3 is 4.55 Å². The zero-order chi connectivity index (χ0) is 17.4. The molecule has 0 aliphatic rings. The van der Waals surface area contributed by atoms with Gasteiger partial charge in [-0.25, -0.2) is 0 Å². The molecule has 6 heteroatoms. The highest BCUT2D eigenvalue weighted by Gasteiger charge is 2.08. The Bertz CT molecular complexity index is 345. The topological polar surface area (TPSA) is 66.4 Å². The van der Waals surface area contributed by atoms with Gasteiger partial charge in [-0.3, -0.25) is 4.18 Å². The van der Waals surface area contributed by atoms with Gasteiger partial charge in [0.05, 0.1) is 6.26 Å². The molecule has 0 radical (unpaired) electrons. The maximum Gasteiger partial charge on any atom is 0.264 e. The van der Waals surface area contributed by atoms with E-state index >= 15 is 0 Å². The van der Waals surface area contributed by atoms with Crippen molar-refractivity contribution in [2.45, 2.75) is 84.0 Å². The molecular formula is C17H36O4S2. The summed E-state index contributed by atoms with van der Waals surface area (Å²) in [5, 5.41) is 0. The summed E-state index contributed by atoms with van der Waals surface area (Å²) in [4.78, 5) is 0. The van der Waals surface area contributed by atoms with E-state index in [-0.39, 0.29) is 6.61 Å². The van der Waals surface area contributed by atoms with Gasteiger partial charge in [-0.15, -0.1) is 0 Å². The van der Waals surface area contributed by atoms with Gasteiger partial charge in [0, 0.05) is 0 Å². The molecule has 1 unspecified atom stereocenters. The van der Waals surface area contributed by atoms with Gasteiger partial charge in [0.15, 0.2) is 0 Å². The Hall–Kier alpha value is 0.220. The van der Waals surface area contributed by atoms with Crippen molar-refractivity contribution >= 4 is 21.3 Å².